The van der Waals surface area contributed by atoms with Crippen molar-refractivity contribution < 1.29 is 18.7 Å². The SMILES string of the molecule is Cc1cc(F)cc(CC(C[C@H]2C(=O)N(Cc3ccccc3)CCN2C(=O)OC(C)(C)C)N(Cc2ccccc2)Cc2ccccc2)c1. The molecule has 1 aliphatic rings. The van der Waals surface area contributed by atoms with Crippen molar-refractivity contribution in [2.45, 2.75) is 77.9 Å². The zero-order valence-electron chi connectivity index (χ0n) is 27.9. The van der Waals surface area contributed by atoms with Crippen LogP contribution < -0.4 is 0 Å². The Balaban J connectivity index is 1.54. The molecule has 2 amide bonds. The minimum atomic E-state index is -0.754. The summed E-state index contributed by atoms with van der Waals surface area (Å²) in [6, 6.07) is 34.6. The summed E-state index contributed by atoms with van der Waals surface area (Å²) >= 11 is 0. The summed E-state index contributed by atoms with van der Waals surface area (Å²) in [4.78, 5) is 34.0. The standard InChI is InChI=1S/C40H46FN3O3/c1-30-22-34(24-35(41)23-30)25-36(43(28-32-16-10-6-11-17-32)29-33-18-12-7-13-19-33)26-37-38(45)42(27-31-14-8-5-9-15-31)20-21-44(37)39(46)47-40(2,3)4/h5-19,22-24,36-37H,20-21,25-29H2,1-4H3/t36?,37-/m0/s1. The van der Waals surface area contributed by atoms with Crippen molar-refractivity contribution in [3.05, 3.63) is 143 Å². The molecule has 47 heavy (non-hydrogen) atoms. The van der Waals surface area contributed by atoms with Crippen LogP contribution >= 0.6 is 0 Å². The summed E-state index contributed by atoms with van der Waals surface area (Å²) in [5.41, 5.74) is 4.28. The second-order valence-corrected chi connectivity index (χ2v) is 13.5. The molecule has 2 atom stereocenters. The van der Waals surface area contributed by atoms with Gasteiger partial charge in [-0.1, -0.05) is 97.1 Å². The van der Waals surface area contributed by atoms with Crippen molar-refractivity contribution >= 4 is 12.0 Å². The van der Waals surface area contributed by atoms with E-state index >= 15 is 0 Å². The summed E-state index contributed by atoms with van der Waals surface area (Å²) in [5.74, 6) is -0.389. The number of ether oxygens (including phenoxy) is 1. The smallest absolute Gasteiger partial charge is 0.411 e. The summed E-state index contributed by atoms with van der Waals surface area (Å²) < 4.78 is 20.6. The summed E-state index contributed by atoms with van der Waals surface area (Å²) in [5, 5.41) is 0. The summed E-state index contributed by atoms with van der Waals surface area (Å²) in [7, 11) is 0. The Bertz CT molecular complexity index is 1550. The Morgan fingerprint density at radius 2 is 1.38 bits per heavy atom. The normalized spacial score (nSPS) is 16.0. The molecule has 1 fully saturated rings. The van der Waals surface area contributed by atoms with Crippen LogP contribution in [-0.4, -0.2) is 57.5 Å². The van der Waals surface area contributed by atoms with Crippen molar-refractivity contribution in [1.29, 1.82) is 0 Å². The molecule has 7 heteroatoms. The van der Waals surface area contributed by atoms with Crippen LogP contribution in [0, 0.1) is 12.7 Å². The highest BCUT2D eigenvalue weighted by Crippen LogP contribution is 2.27. The molecule has 0 N–H and O–H groups in total. The van der Waals surface area contributed by atoms with Gasteiger partial charge in [0.1, 0.15) is 17.5 Å². The molecule has 0 saturated carbocycles. The van der Waals surface area contributed by atoms with Crippen LogP contribution in [0.2, 0.25) is 0 Å². The molecule has 1 aliphatic heterocycles. The van der Waals surface area contributed by atoms with E-state index in [1.807, 2.05) is 105 Å². The van der Waals surface area contributed by atoms with Gasteiger partial charge in [-0.25, -0.2) is 9.18 Å². The molecule has 0 aromatic heterocycles. The zero-order chi connectivity index (χ0) is 33.4. The van der Waals surface area contributed by atoms with Crippen molar-refractivity contribution in [3.63, 3.8) is 0 Å². The third-order valence-corrected chi connectivity index (χ3v) is 8.47. The molecule has 1 heterocycles. The van der Waals surface area contributed by atoms with E-state index in [4.69, 9.17) is 4.74 Å². The average molecular weight is 636 g/mol. The number of amides is 2. The first-order valence-electron chi connectivity index (χ1n) is 16.4. The van der Waals surface area contributed by atoms with E-state index in [-0.39, 0.29) is 17.8 Å². The third kappa shape index (κ3) is 9.75. The second kappa shape index (κ2) is 15.4. The first-order valence-corrected chi connectivity index (χ1v) is 16.4. The van der Waals surface area contributed by atoms with Crippen LogP contribution in [0.5, 0.6) is 0 Å². The zero-order valence-corrected chi connectivity index (χ0v) is 27.9. The highest BCUT2D eigenvalue weighted by molar-refractivity contribution is 5.87. The lowest BCUT2D eigenvalue weighted by atomic mass is 9.93. The quantitative estimate of drug-likeness (QED) is 0.169. The number of halogens is 1. The first-order chi connectivity index (χ1) is 22.5. The van der Waals surface area contributed by atoms with E-state index in [0.29, 0.717) is 45.6 Å². The maximum atomic E-state index is 14.7. The minimum absolute atomic E-state index is 0.106. The Kier molecular flexibility index (Phi) is 11.1. The van der Waals surface area contributed by atoms with Gasteiger partial charge < -0.3 is 9.64 Å². The third-order valence-electron chi connectivity index (χ3n) is 8.47. The summed E-state index contributed by atoms with van der Waals surface area (Å²) in [6.07, 6.45) is 0.370. The summed E-state index contributed by atoms with van der Waals surface area (Å²) in [6.45, 7) is 9.88. The molecule has 4 aromatic rings. The number of benzene rings is 4. The van der Waals surface area contributed by atoms with Crippen molar-refractivity contribution in [3.8, 4) is 0 Å². The molecular weight excluding hydrogens is 589 g/mol. The van der Waals surface area contributed by atoms with Crippen LogP contribution in [0.15, 0.2) is 109 Å². The Morgan fingerprint density at radius 3 is 1.91 bits per heavy atom. The van der Waals surface area contributed by atoms with Gasteiger partial charge in [0, 0.05) is 38.8 Å². The van der Waals surface area contributed by atoms with E-state index in [1.54, 1.807) is 11.0 Å². The van der Waals surface area contributed by atoms with Crippen LogP contribution in [0.25, 0.3) is 0 Å². The van der Waals surface area contributed by atoms with E-state index in [2.05, 4.69) is 29.2 Å². The maximum Gasteiger partial charge on any atom is 0.411 e. The average Bonchev–Trinajstić information content (AvgIpc) is 3.02. The van der Waals surface area contributed by atoms with E-state index < -0.39 is 17.7 Å². The fourth-order valence-corrected chi connectivity index (χ4v) is 6.34. The minimum Gasteiger partial charge on any atom is -0.444 e. The topological polar surface area (TPSA) is 53.1 Å². The van der Waals surface area contributed by atoms with Gasteiger partial charge in [0.25, 0.3) is 0 Å². The molecule has 0 spiro atoms. The van der Waals surface area contributed by atoms with Gasteiger partial charge in [-0.2, -0.15) is 0 Å². The van der Waals surface area contributed by atoms with Crippen molar-refractivity contribution in [2.24, 2.45) is 0 Å². The maximum absolute atomic E-state index is 14.7. The van der Waals surface area contributed by atoms with Gasteiger partial charge in [0.15, 0.2) is 0 Å². The Labute approximate surface area is 278 Å². The molecule has 6 nitrogen and oxygen atoms in total. The Morgan fingerprint density at radius 1 is 0.830 bits per heavy atom. The van der Waals surface area contributed by atoms with Gasteiger partial charge in [0.2, 0.25) is 5.91 Å². The van der Waals surface area contributed by atoms with Gasteiger partial charge in [-0.3, -0.25) is 14.6 Å². The number of rotatable bonds is 11. The van der Waals surface area contributed by atoms with Crippen LogP contribution in [0.3, 0.4) is 0 Å². The number of nitrogens with zero attached hydrogens (tertiary/aromatic N) is 3. The highest BCUT2D eigenvalue weighted by atomic mass is 19.1. The van der Waals surface area contributed by atoms with Gasteiger partial charge in [-0.05, 0) is 80.5 Å². The molecular formula is C40H46FN3O3. The molecule has 0 radical (unpaired) electrons. The monoisotopic (exact) mass is 635 g/mol. The molecule has 1 unspecified atom stereocenters. The molecule has 4 aromatic carbocycles. The Hall–Kier alpha value is -4.49. The van der Waals surface area contributed by atoms with Gasteiger partial charge in [0.05, 0.1) is 0 Å². The van der Waals surface area contributed by atoms with Crippen LogP contribution in [0.1, 0.15) is 55.0 Å². The highest BCUT2D eigenvalue weighted by Gasteiger charge is 2.41. The molecule has 1 saturated heterocycles. The van der Waals surface area contributed by atoms with Crippen LogP contribution in [0.4, 0.5) is 9.18 Å². The lowest BCUT2D eigenvalue weighted by Crippen LogP contribution is -2.60. The predicted octanol–water partition coefficient (Wildman–Crippen LogP) is 7.79. The number of aryl methyl sites for hydroxylation is 1. The van der Waals surface area contributed by atoms with Gasteiger partial charge in [-0.15, -0.1) is 0 Å². The fraction of sp³-hybridized carbons (Fsp3) is 0.350. The number of piperazine rings is 1. The molecule has 246 valence electrons. The van der Waals surface area contributed by atoms with E-state index in [0.717, 1.165) is 27.8 Å². The fourth-order valence-electron chi connectivity index (χ4n) is 6.34. The molecule has 5 rings (SSSR count). The van der Waals surface area contributed by atoms with Crippen LogP contribution in [-0.2, 0) is 35.6 Å². The van der Waals surface area contributed by atoms with E-state index in [1.165, 1.54) is 6.07 Å². The largest absolute Gasteiger partial charge is 0.444 e. The van der Waals surface area contributed by atoms with Gasteiger partial charge >= 0.3 is 6.09 Å². The predicted molar refractivity (Wildman–Crippen MR) is 184 cm³/mol. The second-order valence-electron chi connectivity index (χ2n) is 13.5. The molecule has 0 aliphatic carbocycles. The number of carbonyl (C=O) groups is 2. The lowest BCUT2D eigenvalue weighted by molar-refractivity contribution is -0.143. The number of hydrogen-bond donors (Lipinski definition) is 0. The van der Waals surface area contributed by atoms with E-state index in [9.17, 15) is 14.0 Å². The number of carbonyl (C=O) groups excluding carboxylic acids is 2. The van der Waals surface area contributed by atoms with Crippen molar-refractivity contribution in [2.75, 3.05) is 13.1 Å². The number of hydrogen-bond acceptors (Lipinski definition) is 4. The molecule has 0 bridgehead atoms. The lowest BCUT2D eigenvalue weighted by Gasteiger charge is -2.43. The van der Waals surface area contributed by atoms with Crippen molar-refractivity contribution in [1.82, 2.24) is 14.7 Å². The first kappa shape index (κ1) is 33.9.